The zero-order valence-corrected chi connectivity index (χ0v) is 20.1. The first-order chi connectivity index (χ1) is 17.5. The van der Waals surface area contributed by atoms with Gasteiger partial charge in [-0.05, 0) is 23.1 Å². The first-order valence-electron chi connectivity index (χ1n) is 11.9. The van der Waals surface area contributed by atoms with Gasteiger partial charge < -0.3 is 21.5 Å². The number of carbonyl (C=O) groups excluding carboxylic acids is 2. The second-order valence-corrected chi connectivity index (χ2v) is 8.46. The number of benzene rings is 3. The average Bonchev–Trinajstić information content (AvgIpc) is 2.91. The van der Waals surface area contributed by atoms with Crippen molar-refractivity contribution in [1.29, 1.82) is 5.41 Å². The highest BCUT2D eigenvalue weighted by atomic mass is 16.3. The maximum absolute atomic E-state index is 12.4. The third-order valence-electron chi connectivity index (χ3n) is 5.90. The number of nitrogen functional groups attached to an aromatic ring is 1. The molecule has 0 heterocycles. The van der Waals surface area contributed by atoms with E-state index in [4.69, 9.17) is 11.1 Å². The van der Waals surface area contributed by atoms with Crippen LogP contribution in [0.15, 0.2) is 84.9 Å². The van der Waals surface area contributed by atoms with Crippen molar-refractivity contribution in [2.24, 2.45) is 5.73 Å². The van der Waals surface area contributed by atoms with Crippen molar-refractivity contribution < 1.29 is 14.7 Å². The molecule has 8 heteroatoms. The Hall–Kier alpha value is -4.01. The predicted molar refractivity (Wildman–Crippen MR) is 141 cm³/mol. The van der Waals surface area contributed by atoms with Gasteiger partial charge in [0.15, 0.2) is 0 Å². The molecule has 0 fully saturated rings. The molecule has 0 saturated carbocycles. The number of hydrogen-bond donors (Lipinski definition) is 6. The lowest BCUT2D eigenvalue weighted by Gasteiger charge is -2.19. The SMILES string of the molecule is N=C(N)c1ccc(CNC(CO)C(=O)NCC(=O)NCCC(c2ccccc2)c2ccccc2)cc1. The standard InChI is InChI=1S/C28H33N5O3/c29-27(30)23-13-11-20(12-14-23)17-32-25(19-34)28(36)33-18-26(35)31-16-15-24(21-7-3-1-4-8-21)22-9-5-2-6-10-22/h1-14,24-25,32,34H,15-19H2,(H3,29,30)(H,31,35)(H,33,36). The van der Waals surface area contributed by atoms with E-state index >= 15 is 0 Å². The molecule has 0 aliphatic heterocycles. The molecule has 0 aliphatic rings. The molecule has 0 aliphatic carbocycles. The van der Waals surface area contributed by atoms with Crippen LogP contribution in [0.5, 0.6) is 0 Å². The number of nitrogens with two attached hydrogens (primary N) is 1. The summed E-state index contributed by atoms with van der Waals surface area (Å²) in [7, 11) is 0. The number of rotatable bonds is 13. The zero-order valence-electron chi connectivity index (χ0n) is 20.1. The van der Waals surface area contributed by atoms with E-state index in [1.165, 1.54) is 11.1 Å². The van der Waals surface area contributed by atoms with Gasteiger partial charge in [-0.25, -0.2) is 0 Å². The molecular weight excluding hydrogens is 454 g/mol. The van der Waals surface area contributed by atoms with E-state index < -0.39 is 18.6 Å². The Bertz CT molecular complexity index is 1080. The third-order valence-corrected chi connectivity index (χ3v) is 5.90. The molecule has 1 unspecified atom stereocenters. The minimum absolute atomic E-state index is 0.0175. The minimum atomic E-state index is -0.856. The number of aliphatic hydroxyl groups is 1. The van der Waals surface area contributed by atoms with Crippen molar-refractivity contribution in [1.82, 2.24) is 16.0 Å². The molecular formula is C28H33N5O3. The van der Waals surface area contributed by atoms with Gasteiger partial charge in [0.1, 0.15) is 11.9 Å². The summed E-state index contributed by atoms with van der Waals surface area (Å²) in [6.07, 6.45) is 0.719. The summed E-state index contributed by atoms with van der Waals surface area (Å²) < 4.78 is 0. The van der Waals surface area contributed by atoms with Crippen LogP contribution in [0.3, 0.4) is 0 Å². The lowest BCUT2D eigenvalue weighted by atomic mass is 9.88. The van der Waals surface area contributed by atoms with Crippen LogP contribution < -0.4 is 21.7 Å². The minimum Gasteiger partial charge on any atom is -0.394 e. The summed E-state index contributed by atoms with van der Waals surface area (Å²) >= 11 is 0. The molecule has 0 bridgehead atoms. The van der Waals surface area contributed by atoms with Crippen LogP contribution >= 0.6 is 0 Å². The van der Waals surface area contributed by atoms with Crippen molar-refractivity contribution in [3.8, 4) is 0 Å². The average molecular weight is 488 g/mol. The number of hydrogen-bond acceptors (Lipinski definition) is 5. The number of carbonyl (C=O) groups is 2. The van der Waals surface area contributed by atoms with E-state index in [-0.39, 0.29) is 24.2 Å². The van der Waals surface area contributed by atoms with Gasteiger partial charge in [0, 0.05) is 24.6 Å². The van der Waals surface area contributed by atoms with Crippen LogP contribution in [0, 0.1) is 5.41 Å². The second kappa shape index (κ2) is 13.8. The summed E-state index contributed by atoms with van der Waals surface area (Å²) in [5.74, 6) is -0.620. The van der Waals surface area contributed by atoms with E-state index in [2.05, 4.69) is 40.2 Å². The quantitative estimate of drug-likeness (QED) is 0.161. The summed E-state index contributed by atoms with van der Waals surface area (Å²) in [5.41, 5.74) is 9.29. The number of amides is 2. The van der Waals surface area contributed by atoms with Crippen molar-refractivity contribution in [2.75, 3.05) is 19.7 Å². The maximum atomic E-state index is 12.4. The first kappa shape index (κ1) is 26.6. The molecule has 3 aromatic carbocycles. The van der Waals surface area contributed by atoms with Crippen molar-refractivity contribution >= 4 is 17.6 Å². The summed E-state index contributed by atoms with van der Waals surface area (Å²) in [6.45, 7) is 0.213. The molecule has 188 valence electrons. The summed E-state index contributed by atoms with van der Waals surface area (Å²) in [4.78, 5) is 24.8. The lowest BCUT2D eigenvalue weighted by Crippen LogP contribution is -2.48. The van der Waals surface area contributed by atoms with Gasteiger partial charge in [0.05, 0.1) is 13.2 Å². The summed E-state index contributed by atoms with van der Waals surface area (Å²) in [5, 5.41) is 25.5. The zero-order chi connectivity index (χ0) is 25.8. The van der Waals surface area contributed by atoms with Gasteiger partial charge in [-0.3, -0.25) is 20.3 Å². The number of aliphatic hydroxyl groups excluding tert-OH is 1. The highest BCUT2D eigenvalue weighted by Gasteiger charge is 2.18. The fraction of sp³-hybridized carbons (Fsp3) is 0.250. The molecule has 3 rings (SSSR count). The molecule has 2 amide bonds. The molecule has 8 nitrogen and oxygen atoms in total. The Morgan fingerprint density at radius 1 is 0.861 bits per heavy atom. The molecule has 1 atom stereocenters. The molecule has 0 saturated heterocycles. The van der Waals surface area contributed by atoms with E-state index in [1.807, 2.05) is 36.4 Å². The van der Waals surface area contributed by atoms with Gasteiger partial charge in [0.25, 0.3) is 0 Å². The topological polar surface area (TPSA) is 140 Å². The Morgan fingerprint density at radius 2 is 1.44 bits per heavy atom. The molecule has 7 N–H and O–H groups in total. The van der Waals surface area contributed by atoms with Crippen molar-refractivity contribution in [3.63, 3.8) is 0 Å². The Morgan fingerprint density at radius 3 is 1.97 bits per heavy atom. The van der Waals surface area contributed by atoms with Gasteiger partial charge in [-0.1, -0.05) is 84.9 Å². The summed E-state index contributed by atoms with van der Waals surface area (Å²) in [6, 6.07) is 26.5. The molecule has 0 spiro atoms. The fourth-order valence-corrected chi connectivity index (χ4v) is 3.89. The lowest BCUT2D eigenvalue weighted by molar-refractivity contribution is -0.128. The Kier molecular flexibility index (Phi) is 10.2. The highest BCUT2D eigenvalue weighted by Crippen LogP contribution is 2.27. The van der Waals surface area contributed by atoms with Gasteiger partial charge >= 0.3 is 0 Å². The largest absolute Gasteiger partial charge is 0.394 e. The third kappa shape index (κ3) is 8.04. The van der Waals surface area contributed by atoms with E-state index in [0.29, 0.717) is 18.7 Å². The predicted octanol–water partition coefficient (Wildman–Crippen LogP) is 1.88. The number of amidine groups is 1. The molecule has 36 heavy (non-hydrogen) atoms. The second-order valence-electron chi connectivity index (χ2n) is 8.46. The highest BCUT2D eigenvalue weighted by molar-refractivity contribution is 5.94. The first-order valence-corrected chi connectivity index (χ1v) is 11.9. The van der Waals surface area contributed by atoms with Crippen LogP contribution in [-0.4, -0.2) is 48.5 Å². The molecule has 3 aromatic rings. The number of nitrogens with one attached hydrogen (secondary N) is 4. The van der Waals surface area contributed by atoms with Crippen LogP contribution in [0.25, 0.3) is 0 Å². The van der Waals surface area contributed by atoms with E-state index in [9.17, 15) is 14.7 Å². The monoisotopic (exact) mass is 487 g/mol. The maximum Gasteiger partial charge on any atom is 0.239 e. The van der Waals surface area contributed by atoms with Crippen LogP contribution in [0.4, 0.5) is 0 Å². The van der Waals surface area contributed by atoms with E-state index in [0.717, 1.165) is 12.0 Å². The van der Waals surface area contributed by atoms with Crippen LogP contribution in [0.2, 0.25) is 0 Å². The van der Waals surface area contributed by atoms with Crippen LogP contribution in [-0.2, 0) is 16.1 Å². The Labute approximate surface area is 211 Å². The van der Waals surface area contributed by atoms with Crippen molar-refractivity contribution in [2.45, 2.75) is 24.9 Å². The normalized spacial score (nSPS) is 11.6. The van der Waals surface area contributed by atoms with Crippen molar-refractivity contribution in [3.05, 3.63) is 107 Å². The van der Waals surface area contributed by atoms with Gasteiger partial charge in [-0.2, -0.15) is 0 Å². The van der Waals surface area contributed by atoms with E-state index in [1.54, 1.807) is 24.3 Å². The van der Waals surface area contributed by atoms with Crippen LogP contribution in [0.1, 0.15) is 34.6 Å². The van der Waals surface area contributed by atoms with Gasteiger partial charge in [-0.15, -0.1) is 0 Å². The molecule has 0 radical (unpaired) electrons. The molecule has 0 aromatic heterocycles. The van der Waals surface area contributed by atoms with Gasteiger partial charge in [0.2, 0.25) is 11.8 Å². The smallest absolute Gasteiger partial charge is 0.239 e. The fourth-order valence-electron chi connectivity index (χ4n) is 3.89. The Balaban J connectivity index is 1.44.